The lowest BCUT2D eigenvalue weighted by Crippen LogP contribution is -2.07. The molecule has 1 amide bonds. The van der Waals surface area contributed by atoms with Crippen LogP contribution in [0.25, 0.3) is 6.08 Å². The number of hydrogen-bond donors (Lipinski definition) is 1. The minimum Gasteiger partial charge on any atom is -0.497 e. The Kier molecular flexibility index (Phi) is 6.71. The van der Waals surface area contributed by atoms with Gasteiger partial charge in [0.2, 0.25) is 5.91 Å². The summed E-state index contributed by atoms with van der Waals surface area (Å²) in [6.45, 7) is 0.444. The van der Waals surface area contributed by atoms with Crippen molar-refractivity contribution < 1.29 is 14.3 Å². The molecule has 3 aromatic rings. The monoisotopic (exact) mass is 393 g/mol. The van der Waals surface area contributed by atoms with Gasteiger partial charge in [-0.15, -0.1) is 0 Å². The van der Waals surface area contributed by atoms with E-state index in [4.69, 9.17) is 21.1 Å². The van der Waals surface area contributed by atoms with Gasteiger partial charge in [0.15, 0.2) is 0 Å². The summed E-state index contributed by atoms with van der Waals surface area (Å²) in [4.78, 5) is 12.0. The van der Waals surface area contributed by atoms with Crippen molar-refractivity contribution >= 4 is 29.3 Å². The standard InChI is InChI=1S/C23H20ClNO3/c1-27-21-12-8-20(9-13-21)25-23(26)14-7-17-5-10-22(11-6-17)28-16-18-3-2-4-19(24)15-18/h2-15H,16H2,1H3,(H,25,26). The van der Waals surface area contributed by atoms with Gasteiger partial charge in [-0.25, -0.2) is 0 Å². The fourth-order valence-electron chi connectivity index (χ4n) is 2.50. The van der Waals surface area contributed by atoms with Crippen LogP contribution in [0.5, 0.6) is 11.5 Å². The summed E-state index contributed by atoms with van der Waals surface area (Å²) in [6, 6.07) is 22.2. The first-order valence-electron chi connectivity index (χ1n) is 8.73. The Morgan fingerprint density at radius 2 is 1.71 bits per heavy atom. The van der Waals surface area contributed by atoms with Gasteiger partial charge < -0.3 is 14.8 Å². The Morgan fingerprint density at radius 3 is 2.39 bits per heavy atom. The van der Waals surface area contributed by atoms with Gasteiger partial charge in [-0.1, -0.05) is 35.9 Å². The largest absolute Gasteiger partial charge is 0.497 e. The molecule has 142 valence electrons. The molecule has 0 aliphatic rings. The van der Waals surface area contributed by atoms with Crippen LogP contribution in [0.4, 0.5) is 5.69 Å². The summed E-state index contributed by atoms with van der Waals surface area (Å²) in [6.07, 6.45) is 3.24. The number of halogens is 1. The number of hydrogen-bond acceptors (Lipinski definition) is 3. The molecule has 0 aliphatic carbocycles. The average molecular weight is 394 g/mol. The molecule has 0 fully saturated rings. The van der Waals surface area contributed by atoms with Gasteiger partial charge in [-0.2, -0.15) is 0 Å². The average Bonchev–Trinajstić information content (AvgIpc) is 2.72. The van der Waals surface area contributed by atoms with Gasteiger partial charge >= 0.3 is 0 Å². The van der Waals surface area contributed by atoms with Crippen molar-refractivity contribution in [2.75, 3.05) is 12.4 Å². The molecular formula is C23H20ClNO3. The zero-order valence-electron chi connectivity index (χ0n) is 15.4. The van der Waals surface area contributed by atoms with E-state index >= 15 is 0 Å². The van der Waals surface area contributed by atoms with Crippen molar-refractivity contribution in [3.8, 4) is 11.5 Å². The Balaban J connectivity index is 1.51. The molecule has 0 aliphatic heterocycles. The van der Waals surface area contributed by atoms with E-state index in [2.05, 4.69) is 5.32 Å². The lowest BCUT2D eigenvalue weighted by molar-refractivity contribution is -0.111. The van der Waals surface area contributed by atoms with Gasteiger partial charge in [0, 0.05) is 16.8 Å². The van der Waals surface area contributed by atoms with E-state index in [1.165, 1.54) is 6.08 Å². The number of ether oxygens (including phenoxy) is 2. The highest BCUT2D eigenvalue weighted by molar-refractivity contribution is 6.30. The maximum atomic E-state index is 12.0. The summed E-state index contributed by atoms with van der Waals surface area (Å²) in [5.41, 5.74) is 2.62. The molecular weight excluding hydrogens is 374 g/mol. The second-order valence-corrected chi connectivity index (χ2v) is 6.48. The maximum Gasteiger partial charge on any atom is 0.248 e. The highest BCUT2D eigenvalue weighted by Crippen LogP contribution is 2.17. The van der Waals surface area contributed by atoms with Crippen molar-refractivity contribution in [2.45, 2.75) is 6.61 Å². The number of methoxy groups -OCH3 is 1. The topological polar surface area (TPSA) is 47.6 Å². The minimum atomic E-state index is -0.202. The molecule has 1 N–H and O–H groups in total. The number of amides is 1. The number of carbonyl (C=O) groups excluding carboxylic acids is 1. The number of benzene rings is 3. The van der Waals surface area contributed by atoms with Crippen molar-refractivity contribution in [1.82, 2.24) is 0 Å². The van der Waals surface area contributed by atoms with E-state index in [9.17, 15) is 4.79 Å². The van der Waals surface area contributed by atoms with Crippen LogP contribution in [0.3, 0.4) is 0 Å². The maximum absolute atomic E-state index is 12.0. The van der Waals surface area contributed by atoms with Crippen LogP contribution in [0, 0.1) is 0 Å². The zero-order valence-corrected chi connectivity index (χ0v) is 16.1. The fraction of sp³-hybridized carbons (Fsp3) is 0.0870. The van der Waals surface area contributed by atoms with Gasteiger partial charge in [-0.3, -0.25) is 4.79 Å². The minimum absolute atomic E-state index is 0.202. The SMILES string of the molecule is COc1ccc(NC(=O)C=Cc2ccc(OCc3cccc(Cl)c3)cc2)cc1. The number of rotatable bonds is 7. The summed E-state index contributed by atoms with van der Waals surface area (Å²) in [7, 11) is 1.60. The van der Waals surface area contributed by atoms with E-state index in [-0.39, 0.29) is 5.91 Å². The van der Waals surface area contributed by atoms with E-state index in [0.717, 1.165) is 22.6 Å². The van der Waals surface area contributed by atoms with Crippen LogP contribution in [0.2, 0.25) is 5.02 Å². The molecule has 0 spiro atoms. The number of nitrogens with one attached hydrogen (secondary N) is 1. The summed E-state index contributed by atoms with van der Waals surface area (Å²) < 4.78 is 10.8. The summed E-state index contributed by atoms with van der Waals surface area (Å²) in [5, 5.41) is 3.49. The smallest absolute Gasteiger partial charge is 0.248 e. The van der Waals surface area contributed by atoms with Crippen molar-refractivity contribution in [3.05, 3.63) is 95.0 Å². The molecule has 0 atom stereocenters. The first-order chi connectivity index (χ1) is 13.6. The first-order valence-corrected chi connectivity index (χ1v) is 9.10. The Bertz CT molecular complexity index is 950. The summed E-state index contributed by atoms with van der Waals surface area (Å²) in [5.74, 6) is 1.29. The molecule has 0 heterocycles. The molecule has 0 saturated carbocycles. The van der Waals surface area contributed by atoms with E-state index in [1.807, 2.05) is 48.5 Å². The Morgan fingerprint density at radius 1 is 1.00 bits per heavy atom. The molecule has 4 nitrogen and oxygen atoms in total. The Hall–Kier alpha value is -3.24. The zero-order chi connectivity index (χ0) is 19.8. The highest BCUT2D eigenvalue weighted by Gasteiger charge is 2.00. The first kappa shape index (κ1) is 19.5. The molecule has 3 rings (SSSR count). The summed E-state index contributed by atoms with van der Waals surface area (Å²) >= 11 is 5.97. The van der Waals surface area contributed by atoms with Crippen molar-refractivity contribution in [3.63, 3.8) is 0 Å². The molecule has 5 heteroatoms. The lowest BCUT2D eigenvalue weighted by atomic mass is 10.2. The van der Waals surface area contributed by atoms with E-state index in [1.54, 1.807) is 37.5 Å². The van der Waals surface area contributed by atoms with Crippen LogP contribution in [0.1, 0.15) is 11.1 Å². The normalized spacial score (nSPS) is 10.6. The molecule has 0 saturated heterocycles. The fourth-order valence-corrected chi connectivity index (χ4v) is 2.71. The van der Waals surface area contributed by atoms with Crippen LogP contribution in [-0.2, 0) is 11.4 Å². The molecule has 0 aromatic heterocycles. The highest BCUT2D eigenvalue weighted by atomic mass is 35.5. The molecule has 3 aromatic carbocycles. The third-order valence-corrected chi connectivity index (χ3v) is 4.19. The second kappa shape index (κ2) is 9.62. The number of anilines is 1. The quantitative estimate of drug-likeness (QED) is 0.533. The lowest BCUT2D eigenvalue weighted by Gasteiger charge is -2.07. The van der Waals surface area contributed by atoms with Gasteiger partial charge in [0.05, 0.1) is 7.11 Å². The second-order valence-electron chi connectivity index (χ2n) is 6.04. The van der Waals surface area contributed by atoms with Crippen LogP contribution < -0.4 is 14.8 Å². The van der Waals surface area contributed by atoms with Gasteiger partial charge in [-0.05, 0) is 65.7 Å². The van der Waals surface area contributed by atoms with Crippen molar-refractivity contribution in [2.24, 2.45) is 0 Å². The van der Waals surface area contributed by atoms with Gasteiger partial charge in [0.25, 0.3) is 0 Å². The molecule has 28 heavy (non-hydrogen) atoms. The van der Waals surface area contributed by atoms with E-state index < -0.39 is 0 Å². The predicted molar refractivity (Wildman–Crippen MR) is 113 cm³/mol. The number of carbonyl (C=O) groups is 1. The van der Waals surface area contributed by atoms with Crippen LogP contribution >= 0.6 is 11.6 Å². The van der Waals surface area contributed by atoms with E-state index in [0.29, 0.717) is 17.3 Å². The van der Waals surface area contributed by atoms with Crippen LogP contribution in [-0.4, -0.2) is 13.0 Å². The Labute approximate surface area is 169 Å². The van der Waals surface area contributed by atoms with Crippen LogP contribution in [0.15, 0.2) is 78.9 Å². The molecule has 0 bridgehead atoms. The third-order valence-electron chi connectivity index (χ3n) is 3.96. The molecule has 0 unspecified atom stereocenters. The van der Waals surface area contributed by atoms with Gasteiger partial charge in [0.1, 0.15) is 18.1 Å². The third kappa shape index (κ3) is 5.89. The van der Waals surface area contributed by atoms with Crippen molar-refractivity contribution in [1.29, 1.82) is 0 Å². The molecule has 0 radical (unpaired) electrons. The predicted octanol–water partition coefficient (Wildman–Crippen LogP) is 5.58.